The van der Waals surface area contributed by atoms with Crippen LogP contribution in [0.5, 0.6) is 0 Å². The average Bonchev–Trinajstić information content (AvgIpc) is 3.02. The highest BCUT2D eigenvalue weighted by Crippen LogP contribution is 2.42. The third-order valence-electron chi connectivity index (χ3n) is 7.18. The lowest BCUT2D eigenvalue weighted by molar-refractivity contribution is -0.322. The van der Waals surface area contributed by atoms with Crippen molar-refractivity contribution in [3.63, 3.8) is 0 Å². The second kappa shape index (κ2) is 13.1. The zero-order valence-electron chi connectivity index (χ0n) is 23.0. The maximum absolute atomic E-state index is 13.7. The summed E-state index contributed by atoms with van der Waals surface area (Å²) in [4.78, 5) is 0.972. The summed E-state index contributed by atoms with van der Waals surface area (Å²) in [6, 6.07) is 35.6. The van der Waals surface area contributed by atoms with E-state index in [2.05, 4.69) is 0 Å². The molecule has 42 heavy (non-hydrogen) atoms. The number of hydrogen-bond donors (Lipinski definition) is 0. The Hall–Kier alpha value is -3.02. The van der Waals surface area contributed by atoms with Crippen molar-refractivity contribution in [1.82, 2.24) is 0 Å². The van der Waals surface area contributed by atoms with E-state index in [-0.39, 0.29) is 18.1 Å². The fraction of sp³-hybridized carbons (Fsp3) is 0.273. The Labute approximate surface area is 250 Å². The molecule has 9 heteroatoms. The topological polar surface area (TPSA) is 80.3 Å². The Balaban J connectivity index is 1.36. The first-order valence-corrected chi connectivity index (χ1v) is 16.1. The number of fused-ring (bicyclic) bond motifs is 1. The highest BCUT2D eigenvalue weighted by molar-refractivity contribution is 7.99. The zero-order chi connectivity index (χ0) is 28.9. The Morgan fingerprint density at radius 3 is 2.12 bits per heavy atom. The second-order valence-corrected chi connectivity index (χ2v) is 13.0. The van der Waals surface area contributed by atoms with Gasteiger partial charge in [-0.05, 0) is 36.8 Å². The summed E-state index contributed by atoms with van der Waals surface area (Å²) in [6.07, 6.45) is -3.64. The number of hydrogen-bond acceptors (Lipinski definition) is 8. The predicted octanol–water partition coefficient (Wildman–Crippen LogP) is 6.29. The molecule has 218 valence electrons. The van der Waals surface area contributed by atoms with Crippen LogP contribution in [0.3, 0.4) is 0 Å². The van der Waals surface area contributed by atoms with Crippen molar-refractivity contribution in [2.24, 2.45) is 0 Å². The standard InChI is InChI=1S/C33H32O7S2/c1-23-17-19-27(20-18-23)42(34,35)40-31-30(36-21-24-11-5-2-6-12-24)29-28(38-33(31)41-26-15-9-4-10-16-26)22-37-32(39-29)25-13-7-3-8-14-25/h2-20,28-33H,21-22H2,1H3/t28-,29-,30+,31-,32?,33+/m1/s1. The minimum Gasteiger partial charge on any atom is -0.368 e. The fourth-order valence-corrected chi connectivity index (χ4v) is 7.30. The molecule has 4 aromatic carbocycles. The van der Waals surface area contributed by atoms with Crippen molar-refractivity contribution in [2.75, 3.05) is 6.61 Å². The van der Waals surface area contributed by atoms with E-state index in [1.807, 2.05) is 97.9 Å². The molecule has 0 aromatic heterocycles. The summed E-state index contributed by atoms with van der Waals surface area (Å²) in [6.45, 7) is 2.39. The van der Waals surface area contributed by atoms with Gasteiger partial charge < -0.3 is 18.9 Å². The van der Waals surface area contributed by atoms with Crippen LogP contribution in [-0.2, 0) is 39.9 Å². The van der Waals surface area contributed by atoms with Crippen molar-refractivity contribution < 1.29 is 31.5 Å². The minimum absolute atomic E-state index is 0.0653. The van der Waals surface area contributed by atoms with Crippen LogP contribution < -0.4 is 0 Å². The van der Waals surface area contributed by atoms with Crippen LogP contribution in [0.4, 0.5) is 0 Å². The smallest absolute Gasteiger partial charge is 0.297 e. The van der Waals surface area contributed by atoms with Crippen molar-refractivity contribution in [3.8, 4) is 0 Å². The normalized spacial score (nSPS) is 25.9. The molecule has 0 bridgehead atoms. The van der Waals surface area contributed by atoms with Crippen LogP contribution in [0.15, 0.2) is 125 Å². The van der Waals surface area contributed by atoms with E-state index in [1.165, 1.54) is 11.8 Å². The lowest BCUT2D eigenvalue weighted by Gasteiger charge is -2.48. The van der Waals surface area contributed by atoms with Gasteiger partial charge in [0, 0.05) is 10.5 Å². The maximum atomic E-state index is 13.7. The van der Waals surface area contributed by atoms with E-state index in [4.69, 9.17) is 23.1 Å². The van der Waals surface area contributed by atoms with E-state index >= 15 is 0 Å². The van der Waals surface area contributed by atoms with Gasteiger partial charge in [-0.15, -0.1) is 0 Å². The van der Waals surface area contributed by atoms with Crippen LogP contribution in [0, 0.1) is 6.92 Å². The summed E-state index contributed by atoms with van der Waals surface area (Å²) >= 11 is 1.39. The molecule has 6 atom stereocenters. The van der Waals surface area contributed by atoms with E-state index < -0.39 is 46.3 Å². The summed E-state index contributed by atoms with van der Waals surface area (Å²) in [5.74, 6) is 0. The lowest BCUT2D eigenvalue weighted by Crippen LogP contribution is -2.62. The van der Waals surface area contributed by atoms with Crippen LogP contribution in [0.2, 0.25) is 0 Å². The Morgan fingerprint density at radius 2 is 1.43 bits per heavy atom. The zero-order valence-corrected chi connectivity index (χ0v) is 24.7. The molecule has 6 rings (SSSR count). The third-order valence-corrected chi connectivity index (χ3v) is 9.66. The quantitative estimate of drug-likeness (QED) is 0.207. The van der Waals surface area contributed by atoms with Gasteiger partial charge in [-0.1, -0.05) is 108 Å². The van der Waals surface area contributed by atoms with E-state index in [0.717, 1.165) is 21.6 Å². The average molecular weight is 605 g/mol. The van der Waals surface area contributed by atoms with Gasteiger partial charge in [0.15, 0.2) is 6.29 Å². The molecule has 0 amide bonds. The molecule has 2 aliphatic heterocycles. The molecule has 7 nitrogen and oxygen atoms in total. The van der Waals surface area contributed by atoms with E-state index in [0.29, 0.717) is 0 Å². The summed E-state index contributed by atoms with van der Waals surface area (Å²) in [5.41, 5.74) is 2.01. The molecular weight excluding hydrogens is 572 g/mol. The van der Waals surface area contributed by atoms with Gasteiger partial charge in [0.05, 0.1) is 18.1 Å². The highest BCUT2D eigenvalue weighted by Gasteiger charge is 2.53. The molecule has 2 heterocycles. The Bertz CT molecular complexity index is 1530. The van der Waals surface area contributed by atoms with Crippen molar-refractivity contribution in [3.05, 3.63) is 132 Å². The van der Waals surface area contributed by atoms with Crippen molar-refractivity contribution >= 4 is 21.9 Å². The van der Waals surface area contributed by atoms with Crippen LogP contribution in [0.1, 0.15) is 23.0 Å². The predicted molar refractivity (Wildman–Crippen MR) is 159 cm³/mol. The van der Waals surface area contributed by atoms with E-state index in [1.54, 1.807) is 24.3 Å². The third kappa shape index (κ3) is 6.79. The molecule has 2 aliphatic rings. The second-order valence-electron chi connectivity index (χ2n) is 10.2. The first-order valence-electron chi connectivity index (χ1n) is 13.8. The van der Waals surface area contributed by atoms with Crippen LogP contribution >= 0.6 is 11.8 Å². The maximum Gasteiger partial charge on any atom is 0.297 e. The Kier molecular flexibility index (Phi) is 9.06. The molecule has 4 aromatic rings. The molecule has 0 N–H and O–H groups in total. The minimum atomic E-state index is -4.18. The number of thioether (sulfide) groups is 1. The van der Waals surface area contributed by atoms with Gasteiger partial charge in [-0.2, -0.15) is 8.42 Å². The fourth-order valence-electron chi connectivity index (χ4n) is 5.02. The molecule has 0 saturated carbocycles. The first-order chi connectivity index (χ1) is 20.5. The summed E-state index contributed by atoms with van der Waals surface area (Å²) in [5, 5.41) is 0. The van der Waals surface area contributed by atoms with Gasteiger partial charge in [-0.3, -0.25) is 4.18 Å². The van der Waals surface area contributed by atoms with Gasteiger partial charge in [0.2, 0.25) is 0 Å². The number of aryl methyl sites for hydroxylation is 1. The number of benzene rings is 4. The molecule has 0 aliphatic carbocycles. The molecule has 2 fully saturated rings. The van der Waals surface area contributed by atoms with Crippen molar-refractivity contribution in [2.45, 2.75) is 59.5 Å². The lowest BCUT2D eigenvalue weighted by atomic mass is 9.98. The first kappa shape index (κ1) is 29.1. The number of ether oxygens (including phenoxy) is 4. The van der Waals surface area contributed by atoms with Crippen LogP contribution in [-0.4, -0.2) is 44.9 Å². The highest BCUT2D eigenvalue weighted by atomic mass is 32.2. The SMILES string of the molecule is Cc1ccc(S(=O)(=O)O[C@@H]2[C@@H](OCc3ccccc3)[C@@H]3OC(c4ccccc4)OC[C@H]3O[C@H]2Sc2ccccc2)cc1. The van der Waals surface area contributed by atoms with Gasteiger partial charge in [0.1, 0.15) is 29.9 Å². The molecule has 1 unspecified atom stereocenters. The van der Waals surface area contributed by atoms with Crippen LogP contribution in [0.25, 0.3) is 0 Å². The molecule has 2 saturated heterocycles. The Morgan fingerprint density at radius 1 is 0.786 bits per heavy atom. The number of rotatable bonds is 9. The molecular formula is C33H32O7S2. The summed E-state index contributed by atoms with van der Waals surface area (Å²) < 4.78 is 59.0. The van der Waals surface area contributed by atoms with Gasteiger partial charge >= 0.3 is 0 Å². The monoisotopic (exact) mass is 604 g/mol. The molecule has 0 spiro atoms. The van der Waals surface area contributed by atoms with Gasteiger partial charge in [0.25, 0.3) is 10.1 Å². The molecule has 0 radical (unpaired) electrons. The van der Waals surface area contributed by atoms with Crippen molar-refractivity contribution in [1.29, 1.82) is 0 Å². The van der Waals surface area contributed by atoms with Gasteiger partial charge in [-0.25, -0.2) is 0 Å². The summed E-state index contributed by atoms with van der Waals surface area (Å²) in [7, 11) is -4.18. The largest absolute Gasteiger partial charge is 0.368 e. The van der Waals surface area contributed by atoms with E-state index in [9.17, 15) is 8.42 Å².